The molecule has 0 spiro atoms. The Morgan fingerprint density at radius 3 is 2.55 bits per heavy atom. The lowest BCUT2D eigenvalue weighted by molar-refractivity contribution is 0.264. The topological polar surface area (TPSA) is 65.6 Å². The molecule has 0 bridgehead atoms. The molecular weight excluding hydrogens is 252 g/mol. The van der Waals surface area contributed by atoms with Gasteiger partial charge in [-0.05, 0) is 57.7 Å². The summed E-state index contributed by atoms with van der Waals surface area (Å²) >= 11 is 0. The number of hydrogen-bond donors (Lipinski definition) is 1. The molecule has 4 nitrogen and oxygen atoms in total. The van der Waals surface area contributed by atoms with Crippen molar-refractivity contribution in [2.75, 3.05) is 6.61 Å². The van der Waals surface area contributed by atoms with Crippen LogP contribution in [-0.2, 0) is 6.42 Å². The van der Waals surface area contributed by atoms with Crippen molar-refractivity contribution in [2.24, 2.45) is 10.6 Å². The SMILES string of the molecule is CC(CCc1ccc(OCCC(C)(C)C#N)cc1)=NO. The largest absolute Gasteiger partial charge is 0.494 e. The number of hydrogen-bond acceptors (Lipinski definition) is 4. The maximum absolute atomic E-state index is 8.92. The maximum atomic E-state index is 8.92. The molecule has 1 N–H and O–H groups in total. The van der Waals surface area contributed by atoms with Gasteiger partial charge in [0.25, 0.3) is 0 Å². The van der Waals surface area contributed by atoms with Gasteiger partial charge in [0.2, 0.25) is 0 Å². The second-order valence-corrected chi connectivity index (χ2v) is 5.57. The minimum Gasteiger partial charge on any atom is -0.494 e. The normalized spacial score (nSPS) is 12.0. The van der Waals surface area contributed by atoms with Crippen LogP contribution in [0, 0.1) is 16.7 Å². The highest BCUT2D eigenvalue weighted by atomic mass is 16.5. The zero-order chi connectivity index (χ0) is 15.0. The van der Waals surface area contributed by atoms with Gasteiger partial charge in [-0.2, -0.15) is 5.26 Å². The first kappa shape index (κ1) is 16.0. The molecule has 0 saturated heterocycles. The summed E-state index contributed by atoms with van der Waals surface area (Å²) in [6.45, 7) is 6.15. The number of rotatable bonds is 7. The van der Waals surface area contributed by atoms with Crippen LogP contribution in [0.4, 0.5) is 0 Å². The zero-order valence-electron chi connectivity index (χ0n) is 12.4. The van der Waals surface area contributed by atoms with Gasteiger partial charge >= 0.3 is 0 Å². The highest BCUT2D eigenvalue weighted by molar-refractivity contribution is 5.81. The highest BCUT2D eigenvalue weighted by Crippen LogP contribution is 2.20. The Bertz CT molecular complexity index is 484. The first-order chi connectivity index (χ1) is 9.46. The molecule has 0 aliphatic carbocycles. The maximum Gasteiger partial charge on any atom is 0.119 e. The smallest absolute Gasteiger partial charge is 0.119 e. The fourth-order valence-electron chi connectivity index (χ4n) is 1.61. The van der Waals surface area contributed by atoms with Crippen LogP contribution in [0.1, 0.15) is 39.2 Å². The Kier molecular flexibility index (Phi) is 6.05. The molecule has 0 atom stereocenters. The fourth-order valence-corrected chi connectivity index (χ4v) is 1.61. The molecule has 0 aliphatic rings. The first-order valence-electron chi connectivity index (χ1n) is 6.77. The third-order valence-corrected chi connectivity index (χ3v) is 3.17. The molecule has 1 rings (SSSR count). The third kappa shape index (κ3) is 5.75. The van der Waals surface area contributed by atoms with E-state index in [2.05, 4.69) is 11.2 Å². The second kappa shape index (κ2) is 7.54. The van der Waals surface area contributed by atoms with Crippen LogP contribution in [-0.4, -0.2) is 17.5 Å². The van der Waals surface area contributed by atoms with E-state index in [9.17, 15) is 0 Å². The number of benzene rings is 1. The van der Waals surface area contributed by atoms with E-state index in [1.165, 1.54) is 5.56 Å². The van der Waals surface area contributed by atoms with Crippen LogP contribution in [0.15, 0.2) is 29.4 Å². The third-order valence-electron chi connectivity index (χ3n) is 3.17. The molecule has 0 aromatic heterocycles. The summed E-state index contributed by atoms with van der Waals surface area (Å²) in [4.78, 5) is 0. The average Bonchev–Trinajstić information content (AvgIpc) is 2.46. The Balaban J connectivity index is 2.41. The van der Waals surface area contributed by atoms with Crippen molar-refractivity contribution in [1.29, 1.82) is 5.26 Å². The lowest BCUT2D eigenvalue weighted by Crippen LogP contribution is -2.13. The number of ether oxygens (including phenoxy) is 1. The molecule has 0 radical (unpaired) electrons. The lowest BCUT2D eigenvalue weighted by atomic mass is 9.92. The summed E-state index contributed by atoms with van der Waals surface area (Å²) in [6, 6.07) is 10.1. The van der Waals surface area contributed by atoms with Crippen molar-refractivity contribution < 1.29 is 9.94 Å². The number of aryl methyl sites for hydroxylation is 1. The second-order valence-electron chi connectivity index (χ2n) is 5.57. The highest BCUT2D eigenvalue weighted by Gasteiger charge is 2.16. The molecule has 1 aromatic rings. The standard InChI is InChI=1S/C16H22N2O2/c1-13(18-19)4-5-14-6-8-15(9-7-14)20-11-10-16(2,3)12-17/h6-9,19H,4-5,10-11H2,1-3H3. The fraction of sp³-hybridized carbons (Fsp3) is 0.500. The minimum atomic E-state index is -0.346. The van der Waals surface area contributed by atoms with Gasteiger partial charge in [-0.15, -0.1) is 0 Å². The van der Waals surface area contributed by atoms with Gasteiger partial charge in [-0.3, -0.25) is 0 Å². The van der Waals surface area contributed by atoms with Crippen molar-refractivity contribution in [3.8, 4) is 11.8 Å². The van der Waals surface area contributed by atoms with Crippen LogP contribution in [0.2, 0.25) is 0 Å². The summed E-state index contributed by atoms with van der Waals surface area (Å²) < 4.78 is 5.63. The summed E-state index contributed by atoms with van der Waals surface area (Å²) in [7, 11) is 0. The van der Waals surface area contributed by atoms with E-state index in [-0.39, 0.29) is 5.41 Å². The Morgan fingerprint density at radius 1 is 1.35 bits per heavy atom. The summed E-state index contributed by atoms with van der Waals surface area (Å²) in [5, 5.41) is 20.7. The van der Waals surface area contributed by atoms with E-state index < -0.39 is 0 Å². The molecule has 0 heterocycles. The quantitative estimate of drug-likeness (QED) is 0.467. The van der Waals surface area contributed by atoms with E-state index in [0.29, 0.717) is 13.0 Å². The van der Waals surface area contributed by atoms with Gasteiger partial charge in [0, 0.05) is 0 Å². The Labute approximate surface area is 120 Å². The Hall–Kier alpha value is -2.02. The van der Waals surface area contributed by atoms with E-state index in [1.54, 1.807) is 6.92 Å². The van der Waals surface area contributed by atoms with Crippen LogP contribution in [0.3, 0.4) is 0 Å². The first-order valence-corrected chi connectivity index (χ1v) is 6.77. The Morgan fingerprint density at radius 2 is 2.00 bits per heavy atom. The molecule has 0 unspecified atom stereocenters. The summed E-state index contributed by atoms with van der Waals surface area (Å²) in [5.74, 6) is 0.815. The van der Waals surface area contributed by atoms with E-state index in [1.807, 2.05) is 38.1 Å². The summed E-state index contributed by atoms with van der Waals surface area (Å²) in [5.41, 5.74) is 1.56. The van der Waals surface area contributed by atoms with E-state index in [0.717, 1.165) is 24.3 Å². The molecule has 0 amide bonds. The molecule has 4 heteroatoms. The number of nitrogens with zero attached hydrogens (tertiary/aromatic N) is 2. The molecule has 0 aliphatic heterocycles. The molecule has 0 saturated carbocycles. The van der Waals surface area contributed by atoms with Crippen molar-refractivity contribution in [3.63, 3.8) is 0 Å². The minimum absolute atomic E-state index is 0.346. The predicted octanol–water partition coefficient (Wildman–Crippen LogP) is 3.79. The van der Waals surface area contributed by atoms with Crippen LogP contribution < -0.4 is 4.74 Å². The van der Waals surface area contributed by atoms with Gasteiger partial charge in [-0.1, -0.05) is 17.3 Å². The van der Waals surface area contributed by atoms with Crippen molar-refractivity contribution in [1.82, 2.24) is 0 Å². The number of oxime groups is 1. The van der Waals surface area contributed by atoms with Gasteiger partial charge in [0.05, 0.1) is 23.8 Å². The lowest BCUT2D eigenvalue weighted by Gasteiger charge is -2.15. The van der Waals surface area contributed by atoms with E-state index in [4.69, 9.17) is 15.2 Å². The molecule has 108 valence electrons. The van der Waals surface area contributed by atoms with Gasteiger partial charge in [-0.25, -0.2) is 0 Å². The molecular formula is C16H22N2O2. The van der Waals surface area contributed by atoms with Gasteiger partial charge in [0.15, 0.2) is 0 Å². The van der Waals surface area contributed by atoms with Crippen LogP contribution in [0.5, 0.6) is 5.75 Å². The summed E-state index contributed by atoms with van der Waals surface area (Å²) in [6.07, 6.45) is 2.29. The van der Waals surface area contributed by atoms with Crippen LogP contribution in [0.25, 0.3) is 0 Å². The monoisotopic (exact) mass is 274 g/mol. The molecule has 0 fully saturated rings. The van der Waals surface area contributed by atoms with Gasteiger partial charge in [0.1, 0.15) is 5.75 Å². The molecule has 20 heavy (non-hydrogen) atoms. The molecule has 1 aromatic carbocycles. The van der Waals surface area contributed by atoms with Crippen molar-refractivity contribution >= 4 is 5.71 Å². The van der Waals surface area contributed by atoms with E-state index >= 15 is 0 Å². The van der Waals surface area contributed by atoms with Crippen molar-refractivity contribution in [3.05, 3.63) is 29.8 Å². The van der Waals surface area contributed by atoms with Gasteiger partial charge < -0.3 is 9.94 Å². The predicted molar refractivity (Wildman–Crippen MR) is 79.2 cm³/mol. The van der Waals surface area contributed by atoms with Crippen molar-refractivity contribution in [2.45, 2.75) is 40.0 Å². The van der Waals surface area contributed by atoms with Crippen LogP contribution >= 0.6 is 0 Å². The number of nitriles is 1. The zero-order valence-corrected chi connectivity index (χ0v) is 12.4. The average molecular weight is 274 g/mol.